The number of rotatable bonds is 4. The van der Waals surface area contributed by atoms with Crippen LogP contribution in [-0.2, 0) is 0 Å². The molecule has 0 N–H and O–H groups in total. The molecule has 0 amide bonds. The minimum absolute atomic E-state index is 0.394. The van der Waals surface area contributed by atoms with Gasteiger partial charge in [0, 0.05) is 0 Å². The molecule has 0 saturated carbocycles. The van der Waals surface area contributed by atoms with E-state index in [0.29, 0.717) is 5.92 Å². The molecule has 0 radical (unpaired) electrons. The lowest BCUT2D eigenvalue weighted by atomic mass is 10.2. The molecular weight excluding hydrogens is 185 g/mol. The highest BCUT2D eigenvalue weighted by Gasteiger charge is 1.98. The number of hydrogen-bond acceptors (Lipinski definition) is 2. The van der Waals surface area contributed by atoms with E-state index in [4.69, 9.17) is 0 Å². The standard InChI is InChI=1S/C10H14FNS/c1-8(2)6-7-13-10-5-3-4-9(11)12-10/h3-5,8H,6-7H2,1-2H3. The summed E-state index contributed by atoms with van der Waals surface area (Å²) in [6.07, 6.45) is 1.14. The highest BCUT2D eigenvalue weighted by Crippen LogP contribution is 2.17. The third kappa shape index (κ3) is 4.27. The van der Waals surface area contributed by atoms with Crippen LogP contribution in [0.15, 0.2) is 23.2 Å². The number of pyridine rings is 1. The fourth-order valence-corrected chi connectivity index (χ4v) is 1.99. The van der Waals surface area contributed by atoms with Gasteiger partial charge in [0.1, 0.15) is 0 Å². The van der Waals surface area contributed by atoms with Crippen LogP contribution in [-0.4, -0.2) is 10.7 Å². The Balaban J connectivity index is 2.37. The SMILES string of the molecule is CC(C)CCSc1cccc(F)n1. The summed E-state index contributed by atoms with van der Waals surface area (Å²) in [4.78, 5) is 3.77. The van der Waals surface area contributed by atoms with Gasteiger partial charge in [-0.15, -0.1) is 11.8 Å². The van der Waals surface area contributed by atoms with Crippen molar-refractivity contribution in [1.29, 1.82) is 0 Å². The highest BCUT2D eigenvalue weighted by atomic mass is 32.2. The summed E-state index contributed by atoms with van der Waals surface area (Å²) in [5, 5.41) is 0.778. The maximum Gasteiger partial charge on any atom is 0.213 e. The molecule has 1 heterocycles. The minimum Gasteiger partial charge on any atom is -0.213 e. The van der Waals surface area contributed by atoms with Gasteiger partial charge in [-0.2, -0.15) is 4.39 Å². The molecule has 0 spiro atoms. The molecule has 1 aromatic heterocycles. The van der Waals surface area contributed by atoms with E-state index in [2.05, 4.69) is 18.8 Å². The summed E-state index contributed by atoms with van der Waals surface area (Å²) >= 11 is 1.61. The third-order valence-electron chi connectivity index (χ3n) is 1.63. The predicted molar refractivity (Wildman–Crippen MR) is 54.4 cm³/mol. The number of hydrogen-bond donors (Lipinski definition) is 0. The van der Waals surface area contributed by atoms with Crippen molar-refractivity contribution in [1.82, 2.24) is 4.98 Å². The summed E-state index contributed by atoms with van der Waals surface area (Å²) in [7, 11) is 0. The van der Waals surface area contributed by atoms with E-state index in [1.807, 2.05) is 6.07 Å². The van der Waals surface area contributed by atoms with E-state index in [0.717, 1.165) is 17.2 Å². The zero-order valence-corrected chi connectivity index (χ0v) is 8.77. The average molecular weight is 199 g/mol. The quantitative estimate of drug-likeness (QED) is 0.544. The predicted octanol–water partition coefficient (Wildman–Crippen LogP) is 3.36. The number of nitrogens with zero attached hydrogens (tertiary/aromatic N) is 1. The van der Waals surface area contributed by atoms with Gasteiger partial charge in [0.25, 0.3) is 0 Å². The molecule has 0 aliphatic carbocycles. The zero-order chi connectivity index (χ0) is 9.68. The Hall–Kier alpha value is -0.570. The molecule has 72 valence electrons. The molecule has 0 atom stereocenters. The van der Waals surface area contributed by atoms with Crippen molar-refractivity contribution in [2.45, 2.75) is 25.3 Å². The molecule has 0 aliphatic rings. The lowest BCUT2D eigenvalue weighted by Crippen LogP contribution is -1.91. The van der Waals surface area contributed by atoms with Crippen LogP contribution in [0.1, 0.15) is 20.3 Å². The Morgan fingerprint density at radius 2 is 2.23 bits per heavy atom. The lowest BCUT2D eigenvalue weighted by Gasteiger charge is -2.03. The fraction of sp³-hybridized carbons (Fsp3) is 0.500. The largest absolute Gasteiger partial charge is 0.213 e. The monoisotopic (exact) mass is 199 g/mol. The van der Waals surface area contributed by atoms with Gasteiger partial charge in [-0.3, -0.25) is 0 Å². The van der Waals surface area contributed by atoms with Gasteiger partial charge in [0.15, 0.2) is 0 Å². The van der Waals surface area contributed by atoms with Crippen LogP contribution in [0.2, 0.25) is 0 Å². The van der Waals surface area contributed by atoms with Crippen LogP contribution in [0.5, 0.6) is 0 Å². The normalized spacial score (nSPS) is 10.8. The van der Waals surface area contributed by atoms with Crippen molar-refractivity contribution in [3.63, 3.8) is 0 Å². The molecule has 0 aromatic carbocycles. The van der Waals surface area contributed by atoms with E-state index in [1.54, 1.807) is 17.8 Å². The summed E-state index contributed by atoms with van der Waals surface area (Å²) < 4.78 is 12.6. The van der Waals surface area contributed by atoms with E-state index in [9.17, 15) is 4.39 Å². The fourth-order valence-electron chi connectivity index (χ4n) is 0.869. The molecule has 13 heavy (non-hydrogen) atoms. The highest BCUT2D eigenvalue weighted by molar-refractivity contribution is 7.99. The van der Waals surface area contributed by atoms with Crippen molar-refractivity contribution in [2.75, 3.05) is 5.75 Å². The van der Waals surface area contributed by atoms with Gasteiger partial charge in [0.2, 0.25) is 5.95 Å². The molecule has 3 heteroatoms. The number of aromatic nitrogens is 1. The van der Waals surface area contributed by atoms with Crippen LogP contribution in [0, 0.1) is 11.9 Å². The van der Waals surface area contributed by atoms with Crippen LogP contribution < -0.4 is 0 Å². The van der Waals surface area contributed by atoms with Crippen molar-refractivity contribution in [3.8, 4) is 0 Å². The Morgan fingerprint density at radius 3 is 2.85 bits per heavy atom. The molecular formula is C10H14FNS. The first kappa shape index (κ1) is 10.5. The molecule has 0 saturated heterocycles. The molecule has 0 aliphatic heterocycles. The van der Waals surface area contributed by atoms with Crippen LogP contribution in [0.3, 0.4) is 0 Å². The molecule has 0 fully saturated rings. The smallest absolute Gasteiger partial charge is 0.213 e. The first-order chi connectivity index (χ1) is 6.18. The Bertz CT molecular complexity index is 263. The van der Waals surface area contributed by atoms with Crippen LogP contribution >= 0.6 is 11.8 Å². The number of thioether (sulfide) groups is 1. The van der Waals surface area contributed by atoms with E-state index < -0.39 is 5.95 Å². The van der Waals surface area contributed by atoms with Crippen molar-refractivity contribution in [3.05, 3.63) is 24.1 Å². The first-order valence-electron chi connectivity index (χ1n) is 4.44. The molecule has 0 bridgehead atoms. The molecule has 1 rings (SSSR count). The van der Waals surface area contributed by atoms with Gasteiger partial charge in [-0.25, -0.2) is 4.98 Å². The Labute approximate surface area is 82.8 Å². The van der Waals surface area contributed by atoms with E-state index >= 15 is 0 Å². The first-order valence-corrected chi connectivity index (χ1v) is 5.42. The van der Waals surface area contributed by atoms with Gasteiger partial charge in [-0.05, 0) is 30.2 Å². The zero-order valence-electron chi connectivity index (χ0n) is 7.96. The van der Waals surface area contributed by atoms with Gasteiger partial charge < -0.3 is 0 Å². The minimum atomic E-state index is -0.394. The van der Waals surface area contributed by atoms with Gasteiger partial charge in [-0.1, -0.05) is 19.9 Å². The van der Waals surface area contributed by atoms with Crippen molar-refractivity contribution >= 4 is 11.8 Å². The summed E-state index contributed by atoms with van der Waals surface area (Å²) in [5.41, 5.74) is 0. The second kappa shape index (κ2) is 5.22. The van der Waals surface area contributed by atoms with E-state index in [-0.39, 0.29) is 0 Å². The maximum absolute atomic E-state index is 12.6. The number of halogens is 1. The summed E-state index contributed by atoms with van der Waals surface area (Å²) in [6, 6.07) is 4.90. The molecule has 1 nitrogen and oxygen atoms in total. The van der Waals surface area contributed by atoms with Crippen LogP contribution in [0.4, 0.5) is 4.39 Å². The topological polar surface area (TPSA) is 12.9 Å². The molecule has 0 unspecified atom stereocenters. The summed E-state index contributed by atoms with van der Waals surface area (Å²) in [6.45, 7) is 4.36. The average Bonchev–Trinajstić information content (AvgIpc) is 2.03. The van der Waals surface area contributed by atoms with Gasteiger partial charge >= 0.3 is 0 Å². The third-order valence-corrected chi connectivity index (χ3v) is 2.60. The molecule has 1 aromatic rings. The van der Waals surface area contributed by atoms with E-state index in [1.165, 1.54) is 6.07 Å². The second-order valence-corrected chi connectivity index (χ2v) is 4.44. The van der Waals surface area contributed by atoms with Crippen LogP contribution in [0.25, 0.3) is 0 Å². The Morgan fingerprint density at radius 1 is 1.46 bits per heavy atom. The summed E-state index contributed by atoms with van der Waals surface area (Å²) in [5.74, 6) is 1.31. The van der Waals surface area contributed by atoms with Crippen molar-refractivity contribution < 1.29 is 4.39 Å². The van der Waals surface area contributed by atoms with Gasteiger partial charge in [0.05, 0.1) is 5.03 Å². The lowest BCUT2D eigenvalue weighted by molar-refractivity contribution is 0.572. The maximum atomic E-state index is 12.6. The second-order valence-electron chi connectivity index (χ2n) is 3.33. The Kier molecular flexibility index (Phi) is 4.22. The van der Waals surface area contributed by atoms with Crippen molar-refractivity contribution in [2.24, 2.45) is 5.92 Å².